The molecule has 0 unspecified atom stereocenters. The maximum Gasteiger partial charge on any atom is 0.257 e. The molecule has 0 radical (unpaired) electrons. The van der Waals surface area contributed by atoms with Crippen LogP contribution in [-0.4, -0.2) is 62.0 Å². The van der Waals surface area contributed by atoms with Gasteiger partial charge in [-0.25, -0.2) is 0 Å². The highest BCUT2D eigenvalue weighted by atomic mass is 16.5. The molecule has 1 fully saturated rings. The van der Waals surface area contributed by atoms with Crippen LogP contribution in [0, 0.1) is 0 Å². The van der Waals surface area contributed by atoms with Gasteiger partial charge in [0.05, 0.1) is 19.8 Å². The molecule has 0 aromatic heterocycles. The number of carbonyl (C=O) groups excluding carboxylic acids is 2. The van der Waals surface area contributed by atoms with Crippen LogP contribution in [0.15, 0.2) is 18.2 Å². The Bertz CT molecular complexity index is 574. The van der Waals surface area contributed by atoms with Crippen LogP contribution in [-0.2, 0) is 4.79 Å². The largest absolute Gasteiger partial charge is 0.497 e. The third kappa shape index (κ3) is 3.94. The van der Waals surface area contributed by atoms with Crippen molar-refractivity contribution in [1.82, 2.24) is 9.80 Å². The zero-order valence-corrected chi connectivity index (χ0v) is 14.0. The number of amides is 2. The van der Waals surface area contributed by atoms with E-state index in [1.807, 2.05) is 11.8 Å². The minimum Gasteiger partial charge on any atom is -0.497 e. The Morgan fingerprint density at radius 2 is 1.74 bits per heavy atom. The van der Waals surface area contributed by atoms with Crippen molar-refractivity contribution in [2.75, 3.05) is 40.4 Å². The lowest BCUT2D eigenvalue weighted by Gasteiger charge is -2.22. The second-order valence-corrected chi connectivity index (χ2v) is 5.45. The summed E-state index contributed by atoms with van der Waals surface area (Å²) >= 11 is 0. The number of methoxy groups -OCH3 is 2. The molecule has 0 N–H and O–H groups in total. The monoisotopic (exact) mass is 320 g/mol. The molecule has 2 rings (SSSR count). The summed E-state index contributed by atoms with van der Waals surface area (Å²) in [5.74, 6) is 1.21. The van der Waals surface area contributed by atoms with Gasteiger partial charge in [0, 0.05) is 38.7 Å². The first-order valence-electron chi connectivity index (χ1n) is 7.89. The molecule has 126 valence electrons. The van der Waals surface area contributed by atoms with Crippen LogP contribution in [0.25, 0.3) is 0 Å². The maximum atomic E-state index is 12.8. The fourth-order valence-corrected chi connectivity index (χ4v) is 2.74. The van der Waals surface area contributed by atoms with Gasteiger partial charge in [-0.05, 0) is 18.6 Å². The summed E-state index contributed by atoms with van der Waals surface area (Å²) in [6.07, 6.45) is 1.29. The van der Waals surface area contributed by atoms with Crippen molar-refractivity contribution in [3.63, 3.8) is 0 Å². The quantitative estimate of drug-likeness (QED) is 0.848. The van der Waals surface area contributed by atoms with Gasteiger partial charge in [-0.1, -0.05) is 6.92 Å². The molecule has 23 heavy (non-hydrogen) atoms. The first-order chi connectivity index (χ1) is 11.1. The summed E-state index contributed by atoms with van der Waals surface area (Å²) in [5.41, 5.74) is 0.517. The molecule has 0 aliphatic carbocycles. The SMILES string of the molecule is CCC(=O)N1CCCN(C(=O)c2ccc(OC)cc2OC)CC1. The Kier molecular flexibility index (Phi) is 5.84. The molecule has 0 bridgehead atoms. The van der Waals surface area contributed by atoms with Crippen molar-refractivity contribution in [3.05, 3.63) is 23.8 Å². The van der Waals surface area contributed by atoms with E-state index in [0.717, 1.165) is 6.42 Å². The average molecular weight is 320 g/mol. The van der Waals surface area contributed by atoms with Crippen molar-refractivity contribution in [1.29, 1.82) is 0 Å². The number of carbonyl (C=O) groups is 2. The maximum absolute atomic E-state index is 12.8. The van der Waals surface area contributed by atoms with E-state index < -0.39 is 0 Å². The summed E-state index contributed by atoms with van der Waals surface area (Å²) in [6.45, 7) is 4.33. The standard InChI is InChI=1S/C17H24N2O4/c1-4-16(20)18-8-5-9-19(11-10-18)17(21)14-7-6-13(22-2)12-15(14)23-3/h6-7,12H,4-5,8-11H2,1-3H3. The summed E-state index contributed by atoms with van der Waals surface area (Å²) in [5, 5.41) is 0. The fraction of sp³-hybridized carbons (Fsp3) is 0.529. The lowest BCUT2D eigenvalue weighted by atomic mass is 10.1. The first-order valence-corrected chi connectivity index (χ1v) is 7.89. The molecule has 0 spiro atoms. The summed E-state index contributed by atoms with van der Waals surface area (Å²) < 4.78 is 10.5. The van der Waals surface area contributed by atoms with E-state index in [4.69, 9.17) is 9.47 Å². The molecular weight excluding hydrogens is 296 g/mol. The van der Waals surface area contributed by atoms with Crippen LogP contribution in [0.4, 0.5) is 0 Å². The topological polar surface area (TPSA) is 59.1 Å². The summed E-state index contributed by atoms with van der Waals surface area (Å²) in [6, 6.07) is 5.18. The Balaban J connectivity index is 2.13. The van der Waals surface area contributed by atoms with Gasteiger partial charge in [-0.15, -0.1) is 0 Å². The van der Waals surface area contributed by atoms with Gasteiger partial charge in [0.1, 0.15) is 11.5 Å². The van der Waals surface area contributed by atoms with Gasteiger partial charge < -0.3 is 19.3 Å². The lowest BCUT2D eigenvalue weighted by molar-refractivity contribution is -0.130. The van der Waals surface area contributed by atoms with Crippen molar-refractivity contribution < 1.29 is 19.1 Å². The van der Waals surface area contributed by atoms with E-state index in [1.54, 1.807) is 30.2 Å². The van der Waals surface area contributed by atoms with Crippen LogP contribution in [0.5, 0.6) is 11.5 Å². The van der Waals surface area contributed by atoms with E-state index in [9.17, 15) is 9.59 Å². The van der Waals surface area contributed by atoms with Gasteiger partial charge >= 0.3 is 0 Å². The highest BCUT2D eigenvalue weighted by Crippen LogP contribution is 2.26. The van der Waals surface area contributed by atoms with Crippen molar-refractivity contribution in [3.8, 4) is 11.5 Å². The second-order valence-electron chi connectivity index (χ2n) is 5.45. The Hall–Kier alpha value is -2.24. The highest BCUT2D eigenvalue weighted by Gasteiger charge is 2.24. The number of rotatable bonds is 4. The van der Waals surface area contributed by atoms with E-state index in [0.29, 0.717) is 49.7 Å². The van der Waals surface area contributed by atoms with Gasteiger partial charge in [0.25, 0.3) is 5.91 Å². The molecule has 1 saturated heterocycles. The summed E-state index contributed by atoms with van der Waals surface area (Å²) in [7, 11) is 3.11. The van der Waals surface area contributed by atoms with E-state index in [-0.39, 0.29) is 11.8 Å². The molecule has 1 aromatic rings. The Morgan fingerprint density at radius 1 is 1.04 bits per heavy atom. The third-order valence-electron chi connectivity index (χ3n) is 4.08. The molecule has 1 aliphatic heterocycles. The molecule has 2 amide bonds. The molecule has 6 nitrogen and oxygen atoms in total. The molecule has 0 saturated carbocycles. The molecule has 1 aliphatic rings. The van der Waals surface area contributed by atoms with Crippen LogP contribution < -0.4 is 9.47 Å². The van der Waals surface area contributed by atoms with Gasteiger partial charge in [0.2, 0.25) is 5.91 Å². The third-order valence-corrected chi connectivity index (χ3v) is 4.08. The van der Waals surface area contributed by atoms with Crippen molar-refractivity contribution in [2.24, 2.45) is 0 Å². The van der Waals surface area contributed by atoms with E-state index in [1.165, 1.54) is 7.11 Å². The summed E-state index contributed by atoms with van der Waals surface area (Å²) in [4.78, 5) is 28.2. The Morgan fingerprint density at radius 3 is 2.39 bits per heavy atom. The number of hydrogen-bond acceptors (Lipinski definition) is 4. The first kappa shape index (κ1) is 17.1. The minimum absolute atomic E-state index is 0.0738. The predicted octanol–water partition coefficient (Wildman–Crippen LogP) is 1.79. The van der Waals surface area contributed by atoms with E-state index >= 15 is 0 Å². The molecule has 1 heterocycles. The number of benzene rings is 1. The molecular formula is C17H24N2O4. The minimum atomic E-state index is -0.0738. The smallest absolute Gasteiger partial charge is 0.257 e. The normalized spacial score (nSPS) is 15.1. The molecule has 0 atom stereocenters. The Labute approximate surface area is 137 Å². The number of nitrogens with zero attached hydrogens (tertiary/aromatic N) is 2. The highest BCUT2D eigenvalue weighted by molar-refractivity contribution is 5.97. The van der Waals surface area contributed by atoms with Crippen LogP contribution in [0.1, 0.15) is 30.1 Å². The zero-order chi connectivity index (χ0) is 16.8. The molecule has 1 aromatic carbocycles. The average Bonchev–Trinajstić information content (AvgIpc) is 2.85. The van der Waals surface area contributed by atoms with Crippen molar-refractivity contribution in [2.45, 2.75) is 19.8 Å². The van der Waals surface area contributed by atoms with Gasteiger partial charge in [0.15, 0.2) is 0 Å². The van der Waals surface area contributed by atoms with Gasteiger partial charge in [-0.3, -0.25) is 9.59 Å². The van der Waals surface area contributed by atoms with Crippen LogP contribution >= 0.6 is 0 Å². The number of hydrogen-bond donors (Lipinski definition) is 0. The molecule has 6 heteroatoms. The van der Waals surface area contributed by atoms with Crippen LogP contribution in [0.3, 0.4) is 0 Å². The zero-order valence-electron chi connectivity index (χ0n) is 14.0. The predicted molar refractivity (Wildman–Crippen MR) is 86.9 cm³/mol. The number of ether oxygens (including phenoxy) is 2. The van der Waals surface area contributed by atoms with Crippen molar-refractivity contribution >= 4 is 11.8 Å². The second kappa shape index (κ2) is 7.85. The van der Waals surface area contributed by atoms with E-state index in [2.05, 4.69) is 0 Å². The lowest BCUT2D eigenvalue weighted by Crippen LogP contribution is -2.37. The van der Waals surface area contributed by atoms with Crippen LogP contribution in [0.2, 0.25) is 0 Å². The van der Waals surface area contributed by atoms with Gasteiger partial charge in [-0.2, -0.15) is 0 Å². The fourth-order valence-electron chi connectivity index (χ4n) is 2.74.